The number of amides is 1. The van der Waals surface area contributed by atoms with E-state index in [1.165, 1.54) is 0 Å². The number of nitrogens with zero attached hydrogens (tertiary/aromatic N) is 2. The van der Waals surface area contributed by atoms with Gasteiger partial charge >= 0.3 is 18.3 Å². The molecule has 3 rings (SSSR count). The van der Waals surface area contributed by atoms with E-state index < -0.39 is 60.1 Å². The van der Waals surface area contributed by atoms with Crippen LogP contribution in [0, 0.1) is 10.1 Å². The Morgan fingerprint density at radius 3 is 2.21 bits per heavy atom. The van der Waals surface area contributed by atoms with Crippen molar-refractivity contribution in [3.8, 4) is 0 Å². The van der Waals surface area contributed by atoms with Gasteiger partial charge in [0.25, 0.3) is 11.3 Å². The number of nitro benzene ring substituents is 1. The molecule has 1 aromatic rings. The number of nitro groups is 1. The minimum atomic E-state index is -6.07. The highest BCUT2D eigenvalue weighted by Gasteiger charge is 2.84. The molecule has 0 N–H and O–H groups in total. The standard InChI is InChI=1S/C15H10F6N2O6/c16-14(17,18)13(15(19,20)21)11(22-9(24)5-10(22)29-13)12(25)28-6-7-1-3-8(4-2-7)23(26)27/h1-4,10-11H,5-6H2/t10-,11+/m1/s1. The Bertz CT molecular complexity index is 838. The average Bonchev–Trinajstić information content (AvgIpc) is 2.89. The molecular formula is C15H10F6N2O6. The quantitative estimate of drug-likeness (QED) is 0.240. The molecule has 2 aliphatic rings. The number of non-ortho nitro benzene ring substituents is 1. The summed E-state index contributed by atoms with van der Waals surface area (Å²) in [6.07, 6.45) is -14.7. The molecule has 0 unspecified atom stereocenters. The third-order valence-electron chi connectivity index (χ3n) is 4.53. The van der Waals surface area contributed by atoms with Crippen LogP contribution in [0.1, 0.15) is 12.0 Å². The molecule has 2 heterocycles. The lowest BCUT2D eigenvalue weighted by atomic mass is 9.91. The lowest BCUT2D eigenvalue weighted by Crippen LogP contribution is -2.68. The second kappa shape index (κ2) is 6.57. The second-order valence-corrected chi connectivity index (χ2v) is 6.24. The third kappa shape index (κ3) is 3.16. The first-order chi connectivity index (χ1) is 13.3. The highest BCUT2D eigenvalue weighted by atomic mass is 19.4. The van der Waals surface area contributed by atoms with Crippen LogP contribution >= 0.6 is 0 Å². The highest BCUT2D eigenvalue weighted by Crippen LogP contribution is 2.56. The van der Waals surface area contributed by atoms with Gasteiger partial charge in [0, 0.05) is 12.1 Å². The normalized spacial score (nSPS) is 23.4. The van der Waals surface area contributed by atoms with Crippen LogP contribution < -0.4 is 0 Å². The Kier molecular flexibility index (Phi) is 4.72. The van der Waals surface area contributed by atoms with Gasteiger partial charge in [-0.1, -0.05) is 0 Å². The van der Waals surface area contributed by atoms with Gasteiger partial charge in [-0.25, -0.2) is 4.79 Å². The van der Waals surface area contributed by atoms with Crippen molar-refractivity contribution in [3.05, 3.63) is 39.9 Å². The number of esters is 1. The topological polar surface area (TPSA) is 99.0 Å². The minimum Gasteiger partial charge on any atom is -0.459 e. The number of fused-ring (bicyclic) bond motifs is 1. The predicted molar refractivity (Wildman–Crippen MR) is 77.9 cm³/mol. The molecule has 2 saturated heterocycles. The summed E-state index contributed by atoms with van der Waals surface area (Å²) < 4.78 is 89.4. The lowest BCUT2D eigenvalue weighted by molar-refractivity contribution is -0.384. The Labute approximate surface area is 157 Å². The lowest BCUT2D eigenvalue weighted by Gasteiger charge is -2.37. The third-order valence-corrected chi connectivity index (χ3v) is 4.53. The number of rotatable bonds is 4. The van der Waals surface area contributed by atoms with Gasteiger partial charge in [-0.05, 0) is 17.7 Å². The number of benzene rings is 1. The van der Waals surface area contributed by atoms with E-state index in [0.717, 1.165) is 24.3 Å². The van der Waals surface area contributed by atoms with Gasteiger partial charge in [0.15, 0.2) is 6.04 Å². The molecule has 0 saturated carbocycles. The number of carbonyl (C=O) groups is 2. The van der Waals surface area contributed by atoms with Crippen molar-refractivity contribution in [3.63, 3.8) is 0 Å². The highest BCUT2D eigenvalue weighted by molar-refractivity contribution is 5.91. The molecule has 0 radical (unpaired) electrons. The predicted octanol–water partition coefficient (Wildman–Crippen LogP) is 2.46. The number of ether oxygens (including phenoxy) is 2. The van der Waals surface area contributed by atoms with Gasteiger partial charge in [0.2, 0.25) is 5.91 Å². The zero-order chi connectivity index (χ0) is 21.8. The molecular weight excluding hydrogens is 418 g/mol. The van der Waals surface area contributed by atoms with Crippen LogP contribution in [-0.2, 0) is 25.7 Å². The molecule has 0 aliphatic carbocycles. The number of carbonyl (C=O) groups excluding carboxylic acids is 2. The van der Waals surface area contributed by atoms with Crippen LogP contribution in [0.5, 0.6) is 0 Å². The maximum atomic E-state index is 13.5. The number of halogens is 6. The maximum Gasteiger partial charge on any atom is 0.429 e. The second-order valence-electron chi connectivity index (χ2n) is 6.24. The largest absolute Gasteiger partial charge is 0.459 e. The Hall–Kier alpha value is -2.90. The van der Waals surface area contributed by atoms with E-state index in [1.54, 1.807) is 0 Å². The summed E-state index contributed by atoms with van der Waals surface area (Å²) in [5.74, 6) is -3.09. The van der Waals surface area contributed by atoms with Crippen molar-refractivity contribution < 1.29 is 50.3 Å². The SMILES string of the molecule is O=C(OCc1ccc([N+](=O)[O-])cc1)[C@@H]1N2C(=O)C[C@H]2OC1(C(F)(F)F)C(F)(F)F. The van der Waals surface area contributed by atoms with Crippen molar-refractivity contribution in [1.82, 2.24) is 4.90 Å². The summed E-state index contributed by atoms with van der Waals surface area (Å²) in [5, 5.41) is 10.6. The Morgan fingerprint density at radius 1 is 1.21 bits per heavy atom. The van der Waals surface area contributed by atoms with E-state index in [4.69, 9.17) is 0 Å². The van der Waals surface area contributed by atoms with Crippen LogP contribution in [0.2, 0.25) is 0 Å². The van der Waals surface area contributed by atoms with Crippen molar-refractivity contribution in [2.45, 2.75) is 43.3 Å². The first-order valence-electron chi connectivity index (χ1n) is 7.82. The Balaban J connectivity index is 1.87. The fourth-order valence-corrected chi connectivity index (χ4v) is 3.12. The Morgan fingerprint density at radius 2 is 1.76 bits per heavy atom. The summed E-state index contributed by atoms with van der Waals surface area (Å²) in [6.45, 7) is -0.772. The number of hydrogen-bond donors (Lipinski definition) is 0. The van der Waals surface area contributed by atoms with Gasteiger partial charge in [-0.3, -0.25) is 19.8 Å². The number of β-lactam (4-membered cyclic amide) rings is 1. The smallest absolute Gasteiger partial charge is 0.429 e. The summed E-state index contributed by atoms with van der Waals surface area (Å²) in [7, 11) is 0. The molecule has 0 aromatic heterocycles. The minimum absolute atomic E-state index is 0.0685. The molecule has 2 fully saturated rings. The summed E-state index contributed by atoms with van der Waals surface area (Å²) in [6, 6.07) is 1.12. The van der Waals surface area contributed by atoms with Gasteiger partial charge < -0.3 is 9.47 Å². The molecule has 1 amide bonds. The van der Waals surface area contributed by atoms with Gasteiger partial charge in [0.05, 0.1) is 11.3 Å². The first kappa shape index (κ1) is 20.8. The van der Waals surface area contributed by atoms with E-state index >= 15 is 0 Å². The van der Waals surface area contributed by atoms with Crippen molar-refractivity contribution in [1.29, 1.82) is 0 Å². The van der Waals surface area contributed by atoms with Crippen LogP contribution in [0.15, 0.2) is 24.3 Å². The van der Waals surface area contributed by atoms with Crippen molar-refractivity contribution in [2.24, 2.45) is 0 Å². The number of alkyl halides is 6. The van der Waals surface area contributed by atoms with E-state index in [9.17, 15) is 46.0 Å². The van der Waals surface area contributed by atoms with Crippen LogP contribution in [0.25, 0.3) is 0 Å². The summed E-state index contributed by atoms with van der Waals surface area (Å²) >= 11 is 0. The van der Waals surface area contributed by atoms with Crippen LogP contribution in [-0.4, -0.2) is 51.9 Å². The molecule has 1 aromatic carbocycles. The maximum absolute atomic E-state index is 13.5. The van der Waals surface area contributed by atoms with E-state index in [0.29, 0.717) is 0 Å². The van der Waals surface area contributed by atoms with Gasteiger partial charge in [-0.15, -0.1) is 0 Å². The zero-order valence-corrected chi connectivity index (χ0v) is 14.0. The van der Waals surface area contributed by atoms with Gasteiger partial charge in [-0.2, -0.15) is 26.3 Å². The zero-order valence-electron chi connectivity index (χ0n) is 14.0. The van der Waals surface area contributed by atoms with E-state index in [1.807, 2.05) is 0 Å². The van der Waals surface area contributed by atoms with Crippen molar-refractivity contribution in [2.75, 3.05) is 0 Å². The molecule has 2 aliphatic heterocycles. The summed E-state index contributed by atoms with van der Waals surface area (Å²) in [5.41, 5.74) is -5.19. The monoisotopic (exact) mass is 428 g/mol. The summed E-state index contributed by atoms with van der Waals surface area (Å²) in [4.78, 5) is 33.7. The molecule has 0 spiro atoms. The molecule has 29 heavy (non-hydrogen) atoms. The molecule has 0 bridgehead atoms. The first-order valence-corrected chi connectivity index (χ1v) is 7.82. The molecule has 8 nitrogen and oxygen atoms in total. The average molecular weight is 428 g/mol. The molecule has 14 heteroatoms. The number of hydrogen-bond acceptors (Lipinski definition) is 6. The van der Waals surface area contributed by atoms with E-state index in [-0.39, 0.29) is 16.2 Å². The van der Waals surface area contributed by atoms with Crippen LogP contribution in [0.3, 0.4) is 0 Å². The van der Waals surface area contributed by atoms with Crippen LogP contribution in [0.4, 0.5) is 32.0 Å². The fourth-order valence-electron chi connectivity index (χ4n) is 3.12. The van der Waals surface area contributed by atoms with Crippen molar-refractivity contribution >= 4 is 17.6 Å². The molecule has 158 valence electrons. The van der Waals surface area contributed by atoms with Gasteiger partial charge in [0.1, 0.15) is 12.8 Å². The van der Waals surface area contributed by atoms with E-state index in [2.05, 4.69) is 9.47 Å². The fraction of sp³-hybridized carbons (Fsp3) is 0.467. The molecule has 2 atom stereocenters.